The number of thiophene rings is 1. The van der Waals surface area contributed by atoms with E-state index in [9.17, 15) is 9.59 Å². The van der Waals surface area contributed by atoms with Crippen LogP contribution in [-0.4, -0.2) is 22.6 Å². The maximum atomic E-state index is 13.2. The summed E-state index contributed by atoms with van der Waals surface area (Å²) in [6.45, 7) is 2.25. The summed E-state index contributed by atoms with van der Waals surface area (Å²) in [5.74, 6) is 0.475. The lowest BCUT2D eigenvalue weighted by Gasteiger charge is -2.09. The van der Waals surface area contributed by atoms with Gasteiger partial charge in [0.05, 0.1) is 18.8 Å². The quantitative estimate of drug-likeness (QED) is 0.517. The molecule has 6 nitrogen and oxygen atoms in total. The average Bonchev–Trinajstić information content (AvgIpc) is 3.11. The maximum absolute atomic E-state index is 13.2. The molecule has 0 fully saturated rings. The molecule has 1 amide bonds. The number of fused-ring (bicyclic) bond motifs is 1. The number of carbonyl (C=O) groups excluding carboxylic acids is 1. The Morgan fingerprint density at radius 2 is 1.97 bits per heavy atom. The highest BCUT2D eigenvalue weighted by molar-refractivity contribution is 7.19. The van der Waals surface area contributed by atoms with Gasteiger partial charge in [-0.05, 0) is 30.2 Å². The normalized spacial score (nSPS) is 10.9. The fourth-order valence-corrected chi connectivity index (χ4v) is 4.40. The first-order valence-corrected chi connectivity index (χ1v) is 10.3. The molecule has 4 aromatic rings. The number of nitrogens with zero attached hydrogens (tertiary/aromatic N) is 2. The Labute approximate surface area is 177 Å². The van der Waals surface area contributed by atoms with Crippen LogP contribution < -0.4 is 15.6 Å². The van der Waals surface area contributed by atoms with Crippen LogP contribution in [0.4, 0.5) is 0 Å². The molecule has 2 aromatic heterocycles. The Bertz CT molecular complexity index is 1260. The molecule has 0 spiro atoms. The van der Waals surface area contributed by atoms with Crippen molar-refractivity contribution in [2.75, 3.05) is 7.11 Å². The second kappa shape index (κ2) is 8.51. The number of amides is 1. The Morgan fingerprint density at radius 1 is 1.17 bits per heavy atom. The molecule has 0 aliphatic carbocycles. The molecule has 7 heteroatoms. The van der Waals surface area contributed by atoms with Crippen molar-refractivity contribution in [1.29, 1.82) is 0 Å². The van der Waals surface area contributed by atoms with Crippen LogP contribution >= 0.6 is 11.3 Å². The van der Waals surface area contributed by atoms with Crippen molar-refractivity contribution in [2.24, 2.45) is 0 Å². The topological polar surface area (TPSA) is 73.2 Å². The second-order valence-corrected chi connectivity index (χ2v) is 8.09. The van der Waals surface area contributed by atoms with Crippen LogP contribution in [0.25, 0.3) is 21.3 Å². The van der Waals surface area contributed by atoms with Crippen molar-refractivity contribution < 1.29 is 9.53 Å². The molecule has 0 bridgehead atoms. The highest BCUT2D eigenvalue weighted by Gasteiger charge is 2.17. The highest BCUT2D eigenvalue weighted by Crippen LogP contribution is 2.35. The van der Waals surface area contributed by atoms with Gasteiger partial charge in [-0.2, -0.15) is 0 Å². The highest BCUT2D eigenvalue weighted by atomic mass is 32.1. The van der Waals surface area contributed by atoms with Gasteiger partial charge >= 0.3 is 0 Å². The van der Waals surface area contributed by atoms with Crippen molar-refractivity contribution in [3.05, 3.63) is 81.7 Å². The molecular formula is C23H21N3O3S. The predicted octanol–water partition coefficient (Wildman–Crippen LogP) is 3.76. The fourth-order valence-electron chi connectivity index (χ4n) is 3.40. The number of nitrogens with one attached hydrogen (secondary N) is 1. The van der Waals surface area contributed by atoms with Crippen LogP contribution in [0.15, 0.2) is 65.7 Å². The number of rotatable bonds is 6. The predicted molar refractivity (Wildman–Crippen MR) is 119 cm³/mol. The Kier molecular flexibility index (Phi) is 5.63. The number of benzene rings is 2. The Balaban J connectivity index is 1.58. The van der Waals surface area contributed by atoms with E-state index in [0.29, 0.717) is 16.8 Å². The van der Waals surface area contributed by atoms with Gasteiger partial charge in [0.15, 0.2) is 0 Å². The van der Waals surface area contributed by atoms with E-state index in [4.69, 9.17) is 4.74 Å². The van der Waals surface area contributed by atoms with Gasteiger partial charge in [0, 0.05) is 17.0 Å². The monoisotopic (exact) mass is 419 g/mol. The van der Waals surface area contributed by atoms with Crippen LogP contribution in [0.3, 0.4) is 0 Å². The van der Waals surface area contributed by atoms with Crippen molar-refractivity contribution in [2.45, 2.75) is 20.0 Å². The van der Waals surface area contributed by atoms with Crippen LogP contribution in [0.2, 0.25) is 0 Å². The Hall–Kier alpha value is -3.45. The van der Waals surface area contributed by atoms with Gasteiger partial charge in [-0.3, -0.25) is 14.2 Å². The molecule has 30 heavy (non-hydrogen) atoms. The molecular weight excluding hydrogens is 398 g/mol. The molecule has 0 aliphatic rings. The van der Waals surface area contributed by atoms with E-state index in [2.05, 4.69) is 10.3 Å². The van der Waals surface area contributed by atoms with E-state index in [1.165, 1.54) is 22.2 Å². The fraction of sp³-hybridized carbons (Fsp3) is 0.174. The molecule has 2 heterocycles. The summed E-state index contributed by atoms with van der Waals surface area (Å²) < 4.78 is 6.56. The number of hydrogen-bond donors (Lipinski definition) is 1. The lowest BCUT2D eigenvalue weighted by Crippen LogP contribution is -2.32. The number of aromatic nitrogens is 2. The minimum atomic E-state index is -0.255. The van der Waals surface area contributed by atoms with Crippen molar-refractivity contribution in [3.8, 4) is 16.9 Å². The van der Waals surface area contributed by atoms with Crippen molar-refractivity contribution in [1.82, 2.24) is 14.9 Å². The summed E-state index contributed by atoms with van der Waals surface area (Å²) >= 11 is 1.49. The molecule has 1 N–H and O–H groups in total. The molecule has 0 saturated heterocycles. The van der Waals surface area contributed by atoms with E-state index in [1.54, 1.807) is 7.11 Å². The first kappa shape index (κ1) is 19.8. The number of carbonyl (C=O) groups is 1. The van der Waals surface area contributed by atoms with Crippen molar-refractivity contribution in [3.63, 3.8) is 0 Å². The number of methoxy groups -OCH3 is 1. The molecule has 4 rings (SSSR count). The van der Waals surface area contributed by atoms with E-state index in [0.717, 1.165) is 27.3 Å². The van der Waals surface area contributed by atoms with E-state index < -0.39 is 0 Å². The largest absolute Gasteiger partial charge is 0.497 e. The van der Waals surface area contributed by atoms with Gasteiger partial charge in [0.1, 0.15) is 17.1 Å². The number of aryl methyl sites for hydroxylation is 1. The molecule has 0 unspecified atom stereocenters. The van der Waals surface area contributed by atoms with Gasteiger partial charge in [-0.15, -0.1) is 11.3 Å². The van der Waals surface area contributed by atoms with Crippen molar-refractivity contribution >= 4 is 27.5 Å². The number of ether oxygens (including phenoxy) is 1. The lowest BCUT2D eigenvalue weighted by molar-refractivity contribution is -0.121. The molecule has 0 saturated carbocycles. The third-order valence-corrected chi connectivity index (χ3v) is 5.87. The average molecular weight is 420 g/mol. The summed E-state index contributed by atoms with van der Waals surface area (Å²) in [5.41, 5.74) is 2.57. The van der Waals surface area contributed by atoms with Gasteiger partial charge in [0.2, 0.25) is 5.91 Å². The standard InChI is InChI=1S/C23H21N3O3S/c1-15-20(17-8-4-3-5-9-17)21-22(30-15)25-14-26(23(21)28)13-19(27)24-12-16-7-6-10-18(11-16)29-2/h3-11,14H,12-13H2,1-2H3,(H,24,27). The molecule has 0 atom stereocenters. The minimum absolute atomic E-state index is 0.0884. The van der Waals surface area contributed by atoms with Gasteiger partial charge < -0.3 is 10.1 Å². The summed E-state index contributed by atoms with van der Waals surface area (Å²) in [7, 11) is 1.60. The molecule has 152 valence electrons. The molecule has 0 aliphatic heterocycles. The first-order valence-electron chi connectivity index (χ1n) is 9.50. The SMILES string of the molecule is COc1cccc(CNC(=O)Cn2cnc3sc(C)c(-c4ccccc4)c3c2=O)c1. The summed E-state index contributed by atoms with van der Waals surface area (Å²) in [4.78, 5) is 31.8. The zero-order valence-electron chi connectivity index (χ0n) is 16.7. The van der Waals surface area contributed by atoms with Gasteiger partial charge in [-0.25, -0.2) is 4.98 Å². The Morgan fingerprint density at radius 3 is 2.73 bits per heavy atom. The van der Waals surface area contributed by atoms with Gasteiger partial charge in [-0.1, -0.05) is 42.5 Å². The lowest BCUT2D eigenvalue weighted by atomic mass is 10.0. The molecule has 0 radical (unpaired) electrons. The van der Waals surface area contributed by atoms with Crippen LogP contribution in [-0.2, 0) is 17.9 Å². The smallest absolute Gasteiger partial charge is 0.263 e. The number of hydrogen-bond acceptors (Lipinski definition) is 5. The summed E-state index contributed by atoms with van der Waals surface area (Å²) in [6.07, 6.45) is 1.44. The first-order chi connectivity index (χ1) is 14.6. The summed E-state index contributed by atoms with van der Waals surface area (Å²) in [6, 6.07) is 17.3. The van der Waals surface area contributed by atoms with E-state index in [-0.39, 0.29) is 18.0 Å². The van der Waals surface area contributed by atoms with Gasteiger partial charge in [0.25, 0.3) is 5.56 Å². The molecule has 2 aromatic carbocycles. The minimum Gasteiger partial charge on any atom is -0.497 e. The van der Waals surface area contributed by atoms with Crippen LogP contribution in [0, 0.1) is 6.92 Å². The third kappa shape index (κ3) is 3.97. The van der Waals surface area contributed by atoms with E-state index >= 15 is 0 Å². The summed E-state index contributed by atoms with van der Waals surface area (Å²) in [5, 5.41) is 3.41. The second-order valence-electron chi connectivity index (χ2n) is 6.89. The van der Waals surface area contributed by atoms with Crippen LogP contribution in [0.5, 0.6) is 5.75 Å². The third-order valence-electron chi connectivity index (χ3n) is 4.86. The van der Waals surface area contributed by atoms with E-state index in [1.807, 2.05) is 61.5 Å². The maximum Gasteiger partial charge on any atom is 0.263 e. The zero-order chi connectivity index (χ0) is 21.1. The van der Waals surface area contributed by atoms with Crippen LogP contribution in [0.1, 0.15) is 10.4 Å². The zero-order valence-corrected chi connectivity index (χ0v) is 17.5.